The third kappa shape index (κ3) is 3.17. The van der Waals surface area contributed by atoms with Crippen LogP contribution in [0.25, 0.3) is 10.8 Å². The van der Waals surface area contributed by atoms with Crippen LogP contribution < -0.4 is 10.2 Å². The minimum Gasteiger partial charge on any atom is -0.350 e. The lowest BCUT2D eigenvalue weighted by atomic mass is 10.1. The first-order chi connectivity index (χ1) is 12.2. The van der Waals surface area contributed by atoms with Gasteiger partial charge in [-0.3, -0.25) is 4.79 Å². The Kier molecular flexibility index (Phi) is 4.28. The molecule has 2 N–H and O–H groups in total. The number of amides is 1. The van der Waals surface area contributed by atoms with E-state index in [0.717, 1.165) is 29.4 Å². The van der Waals surface area contributed by atoms with Crippen molar-refractivity contribution in [3.63, 3.8) is 0 Å². The number of hydrogen-bond donors (Lipinski definition) is 2. The van der Waals surface area contributed by atoms with Gasteiger partial charge in [-0.15, -0.1) is 0 Å². The average molecular weight is 334 g/mol. The van der Waals surface area contributed by atoms with Crippen LogP contribution in [-0.2, 0) is 11.8 Å². The van der Waals surface area contributed by atoms with Crippen molar-refractivity contribution in [2.75, 3.05) is 18.4 Å². The van der Waals surface area contributed by atoms with Gasteiger partial charge in [0.1, 0.15) is 6.04 Å². The fourth-order valence-corrected chi connectivity index (χ4v) is 4.05. The summed E-state index contributed by atoms with van der Waals surface area (Å²) < 4.78 is 2.18. The normalized spacial score (nSPS) is 20.0. The maximum atomic E-state index is 12.7. The van der Waals surface area contributed by atoms with Gasteiger partial charge >= 0.3 is 0 Å². The molecule has 1 aromatic heterocycles. The summed E-state index contributed by atoms with van der Waals surface area (Å²) in [7, 11) is 2.08. The SMILES string of the molecule is Cn1cccc1[C@@H]1CCC[NH+]1CC(=O)Nc1cccc2ccccc12. The molecule has 1 amide bonds. The van der Waals surface area contributed by atoms with Crippen molar-refractivity contribution in [3.05, 3.63) is 66.5 Å². The third-order valence-electron chi connectivity index (χ3n) is 5.28. The maximum absolute atomic E-state index is 12.7. The van der Waals surface area contributed by atoms with Crippen molar-refractivity contribution in [3.8, 4) is 0 Å². The molecule has 4 nitrogen and oxygen atoms in total. The number of nitrogens with one attached hydrogen (secondary N) is 2. The van der Waals surface area contributed by atoms with Gasteiger partial charge in [0.25, 0.3) is 5.91 Å². The van der Waals surface area contributed by atoms with E-state index >= 15 is 0 Å². The minimum atomic E-state index is 0.0902. The summed E-state index contributed by atoms with van der Waals surface area (Å²) in [5, 5.41) is 5.37. The number of aromatic nitrogens is 1. The number of quaternary nitrogens is 1. The summed E-state index contributed by atoms with van der Waals surface area (Å²) in [6.45, 7) is 1.57. The van der Waals surface area contributed by atoms with E-state index in [2.05, 4.69) is 53.5 Å². The highest BCUT2D eigenvalue weighted by atomic mass is 16.2. The van der Waals surface area contributed by atoms with Gasteiger partial charge in [0.05, 0.1) is 12.2 Å². The molecule has 1 aliphatic heterocycles. The van der Waals surface area contributed by atoms with Crippen LogP contribution >= 0.6 is 0 Å². The second-order valence-electron chi connectivity index (χ2n) is 6.90. The van der Waals surface area contributed by atoms with Gasteiger partial charge < -0.3 is 14.8 Å². The lowest BCUT2D eigenvalue weighted by Gasteiger charge is -2.22. The van der Waals surface area contributed by atoms with Crippen LogP contribution in [0.2, 0.25) is 0 Å². The Balaban J connectivity index is 1.49. The molecular formula is C21H24N3O+. The van der Waals surface area contributed by atoms with Crippen LogP contribution in [0.15, 0.2) is 60.8 Å². The number of benzene rings is 2. The van der Waals surface area contributed by atoms with Crippen molar-refractivity contribution in [1.82, 2.24) is 4.57 Å². The molecule has 0 spiro atoms. The molecule has 1 saturated heterocycles. The molecule has 0 saturated carbocycles. The van der Waals surface area contributed by atoms with E-state index in [4.69, 9.17) is 0 Å². The molecule has 2 atom stereocenters. The Labute approximate surface area is 148 Å². The number of carbonyl (C=O) groups excluding carboxylic acids is 1. The van der Waals surface area contributed by atoms with Crippen molar-refractivity contribution < 1.29 is 9.69 Å². The first-order valence-electron chi connectivity index (χ1n) is 8.96. The zero-order chi connectivity index (χ0) is 17.2. The Morgan fingerprint density at radius 3 is 2.84 bits per heavy atom. The molecule has 0 aliphatic carbocycles. The maximum Gasteiger partial charge on any atom is 0.279 e. The molecule has 0 radical (unpaired) electrons. The monoisotopic (exact) mass is 334 g/mol. The molecule has 2 heterocycles. The Morgan fingerprint density at radius 1 is 1.16 bits per heavy atom. The van der Waals surface area contributed by atoms with Gasteiger partial charge in [-0.25, -0.2) is 0 Å². The highest BCUT2D eigenvalue weighted by Gasteiger charge is 2.32. The van der Waals surface area contributed by atoms with Crippen molar-refractivity contribution in [2.45, 2.75) is 18.9 Å². The first kappa shape index (κ1) is 15.9. The Bertz CT molecular complexity index is 894. The number of anilines is 1. The largest absolute Gasteiger partial charge is 0.350 e. The zero-order valence-electron chi connectivity index (χ0n) is 14.5. The van der Waals surface area contributed by atoms with Gasteiger partial charge in [0.15, 0.2) is 6.54 Å². The van der Waals surface area contributed by atoms with Crippen molar-refractivity contribution in [2.24, 2.45) is 7.05 Å². The molecule has 25 heavy (non-hydrogen) atoms. The molecule has 1 fully saturated rings. The fraction of sp³-hybridized carbons (Fsp3) is 0.286. The fourth-order valence-electron chi connectivity index (χ4n) is 4.05. The summed E-state index contributed by atoms with van der Waals surface area (Å²) in [5.74, 6) is 0.0902. The van der Waals surface area contributed by atoms with Crippen LogP contribution in [0.1, 0.15) is 24.6 Å². The Morgan fingerprint density at radius 2 is 2.00 bits per heavy atom. The summed E-state index contributed by atoms with van der Waals surface area (Å²) in [6, 6.07) is 18.9. The van der Waals surface area contributed by atoms with Crippen LogP contribution in [0.4, 0.5) is 5.69 Å². The van der Waals surface area contributed by atoms with E-state index in [1.807, 2.05) is 24.3 Å². The van der Waals surface area contributed by atoms with Crippen LogP contribution in [-0.4, -0.2) is 23.6 Å². The minimum absolute atomic E-state index is 0.0902. The van der Waals surface area contributed by atoms with E-state index in [0.29, 0.717) is 12.6 Å². The predicted octanol–water partition coefficient (Wildman–Crippen LogP) is 2.54. The van der Waals surface area contributed by atoms with Crippen LogP contribution in [0, 0.1) is 0 Å². The van der Waals surface area contributed by atoms with E-state index in [1.54, 1.807) is 0 Å². The topological polar surface area (TPSA) is 38.5 Å². The Hall–Kier alpha value is -2.59. The van der Waals surface area contributed by atoms with Gasteiger partial charge in [0, 0.05) is 37.2 Å². The average Bonchev–Trinajstić information content (AvgIpc) is 3.23. The molecule has 4 heteroatoms. The van der Waals surface area contributed by atoms with Gasteiger partial charge in [-0.05, 0) is 23.6 Å². The molecule has 128 valence electrons. The molecular weight excluding hydrogens is 310 g/mol. The van der Waals surface area contributed by atoms with Gasteiger partial charge in [-0.1, -0.05) is 36.4 Å². The van der Waals surface area contributed by atoms with E-state index in [-0.39, 0.29) is 5.91 Å². The molecule has 2 aromatic carbocycles. The van der Waals surface area contributed by atoms with E-state index in [1.165, 1.54) is 17.0 Å². The van der Waals surface area contributed by atoms with Crippen molar-refractivity contribution in [1.29, 1.82) is 0 Å². The third-order valence-corrected chi connectivity index (χ3v) is 5.28. The van der Waals surface area contributed by atoms with E-state index in [9.17, 15) is 4.79 Å². The van der Waals surface area contributed by atoms with Gasteiger partial charge in [-0.2, -0.15) is 0 Å². The second-order valence-corrected chi connectivity index (χ2v) is 6.90. The lowest BCUT2D eigenvalue weighted by Crippen LogP contribution is -3.11. The van der Waals surface area contributed by atoms with Gasteiger partial charge in [0.2, 0.25) is 0 Å². The highest BCUT2D eigenvalue weighted by molar-refractivity contribution is 6.02. The number of carbonyl (C=O) groups is 1. The number of rotatable bonds is 4. The lowest BCUT2D eigenvalue weighted by molar-refractivity contribution is -0.910. The molecule has 4 rings (SSSR count). The van der Waals surface area contributed by atoms with Crippen molar-refractivity contribution >= 4 is 22.4 Å². The van der Waals surface area contributed by atoms with E-state index < -0.39 is 0 Å². The zero-order valence-corrected chi connectivity index (χ0v) is 14.5. The molecule has 1 unspecified atom stereocenters. The predicted molar refractivity (Wildman–Crippen MR) is 101 cm³/mol. The second kappa shape index (κ2) is 6.73. The summed E-state index contributed by atoms with van der Waals surface area (Å²) in [4.78, 5) is 14.0. The smallest absolute Gasteiger partial charge is 0.279 e. The number of hydrogen-bond acceptors (Lipinski definition) is 1. The molecule has 1 aliphatic rings. The van der Waals surface area contributed by atoms with Crippen LogP contribution in [0.5, 0.6) is 0 Å². The number of fused-ring (bicyclic) bond motifs is 1. The summed E-state index contributed by atoms with van der Waals surface area (Å²) in [6.07, 6.45) is 4.41. The molecule has 3 aromatic rings. The number of likely N-dealkylation sites (tertiary alicyclic amines) is 1. The summed E-state index contributed by atoms with van der Waals surface area (Å²) >= 11 is 0. The number of aryl methyl sites for hydroxylation is 1. The number of nitrogens with zero attached hydrogens (tertiary/aromatic N) is 1. The summed E-state index contributed by atoms with van der Waals surface area (Å²) in [5.41, 5.74) is 2.22. The van der Waals surface area contributed by atoms with Crippen LogP contribution in [0.3, 0.4) is 0 Å². The first-order valence-corrected chi connectivity index (χ1v) is 8.96. The highest BCUT2D eigenvalue weighted by Crippen LogP contribution is 2.23. The molecule has 0 bridgehead atoms. The standard InChI is InChI=1S/C21H23N3O/c1-23-13-5-11-19(23)20-12-6-14-24(20)15-21(25)22-18-10-4-8-16-7-2-3-9-17(16)18/h2-5,7-11,13,20H,6,12,14-15H2,1H3,(H,22,25)/p+1/t20-/m0/s1. The quantitative estimate of drug-likeness (QED) is 0.756.